The highest BCUT2D eigenvalue weighted by Crippen LogP contribution is 2.47. The summed E-state index contributed by atoms with van der Waals surface area (Å²) >= 11 is 7.55. The fourth-order valence-electron chi connectivity index (χ4n) is 3.81. The summed E-state index contributed by atoms with van der Waals surface area (Å²) in [6.45, 7) is 3.88. The largest absolute Gasteiger partial charge is 0.472 e. The number of furan rings is 1. The van der Waals surface area contributed by atoms with E-state index in [9.17, 15) is 8.42 Å². The van der Waals surface area contributed by atoms with Crippen molar-refractivity contribution >= 4 is 48.9 Å². The van der Waals surface area contributed by atoms with E-state index in [0.29, 0.717) is 16.4 Å². The number of anilines is 1. The molecule has 0 atom stereocenters. The van der Waals surface area contributed by atoms with E-state index in [1.807, 2.05) is 38.1 Å². The van der Waals surface area contributed by atoms with Crippen LogP contribution in [0.4, 0.5) is 5.69 Å². The number of pyridine rings is 1. The highest BCUT2D eigenvalue weighted by atomic mass is 35.5. The van der Waals surface area contributed by atoms with E-state index in [0.717, 1.165) is 37.3 Å². The Morgan fingerprint density at radius 1 is 1.00 bits per heavy atom. The van der Waals surface area contributed by atoms with Crippen molar-refractivity contribution in [1.29, 1.82) is 0 Å². The smallest absolute Gasteiger partial charge is 0.261 e. The van der Waals surface area contributed by atoms with Gasteiger partial charge in [-0.05, 0) is 49.7 Å². The molecule has 0 saturated carbocycles. The average Bonchev–Trinajstić information content (AvgIpc) is 3.41. The van der Waals surface area contributed by atoms with Crippen molar-refractivity contribution in [3.63, 3.8) is 0 Å². The van der Waals surface area contributed by atoms with Crippen molar-refractivity contribution in [3.8, 4) is 21.6 Å². The molecule has 3 aromatic heterocycles. The van der Waals surface area contributed by atoms with Gasteiger partial charge < -0.3 is 4.42 Å². The van der Waals surface area contributed by atoms with E-state index in [2.05, 4.69) is 10.8 Å². The van der Waals surface area contributed by atoms with E-state index >= 15 is 0 Å². The van der Waals surface area contributed by atoms with Crippen LogP contribution in [0.3, 0.4) is 0 Å². The van der Waals surface area contributed by atoms with Crippen molar-refractivity contribution in [2.75, 3.05) is 4.72 Å². The number of aryl methyl sites for hydroxylation is 2. The normalized spacial score (nSPS) is 11.7. The Labute approximate surface area is 200 Å². The Morgan fingerprint density at radius 2 is 1.82 bits per heavy atom. The molecule has 0 amide bonds. The number of nitrogens with one attached hydrogen (secondary N) is 1. The molecule has 0 unspecified atom stereocenters. The summed E-state index contributed by atoms with van der Waals surface area (Å²) in [4.78, 5) is 6.53. The van der Waals surface area contributed by atoms with Gasteiger partial charge in [0.1, 0.15) is 4.83 Å². The predicted molar refractivity (Wildman–Crippen MR) is 134 cm³/mol. The monoisotopic (exact) mass is 494 g/mol. The lowest BCUT2D eigenvalue weighted by atomic mass is 9.98. The summed E-state index contributed by atoms with van der Waals surface area (Å²) in [5, 5.41) is 1.10. The molecule has 0 fully saturated rings. The maximum atomic E-state index is 13.2. The van der Waals surface area contributed by atoms with Gasteiger partial charge in [-0.15, -0.1) is 11.3 Å². The third kappa shape index (κ3) is 4.15. The molecule has 0 aliphatic rings. The molecule has 5 nitrogen and oxygen atoms in total. The molecule has 8 heteroatoms. The van der Waals surface area contributed by atoms with Gasteiger partial charge in [0, 0.05) is 32.1 Å². The molecule has 0 aliphatic carbocycles. The van der Waals surface area contributed by atoms with Crippen molar-refractivity contribution < 1.29 is 12.8 Å². The Morgan fingerprint density at radius 3 is 2.55 bits per heavy atom. The lowest BCUT2D eigenvalue weighted by molar-refractivity contribution is 0.568. The Hall–Kier alpha value is -3.13. The first kappa shape index (κ1) is 21.7. The SMILES string of the molecule is Cc1cccc(-c2c(-c3ccoc3)sc3nc(C)cc(NS(=O)(=O)c4cccc(Cl)c4)c23)c1. The Kier molecular flexibility index (Phi) is 5.48. The number of thiophene rings is 1. The first-order valence-electron chi connectivity index (χ1n) is 10.1. The van der Waals surface area contributed by atoms with Crippen LogP contribution in [0.5, 0.6) is 0 Å². The van der Waals surface area contributed by atoms with Crippen molar-refractivity contribution in [2.45, 2.75) is 18.7 Å². The first-order chi connectivity index (χ1) is 15.8. The van der Waals surface area contributed by atoms with Crippen LogP contribution in [0.15, 0.2) is 82.5 Å². The van der Waals surface area contributed by atoms with Crippen molar-refractivity contribution in [1.82, 2.24) is 4.98 Å². The quantitative estimate of drug-likeness (QED) is 0.278. The van der Waals surface area contributed by atoms with E-state index < -0.39 is 10.0 Å². The molecular formula is C25H19ClN2O3S2. The summed E-state index contributed by atoms with van der Waals surface area (Å²) in [5.41, 5.74) is 5.09. The second kappa shape index (κ2) is 8.33. The maximum Gasteiger partial charge on any atom is 0.261 e. The summed E-state index contributed by atoms with van der Waals surface area (Å²) < 4.78 is 34.6. The summed E-state index contributed by atoms with van der Waals surface area (Å²) in [6, 6.07) is 18.0. The molecule has 2 aromatic carbocycles. The molecule has 0 radical (unpaired) electrons. The number of hydrogen-bond acceptors (Lipinski definition) is 5. The number of halogens is 1. The number of nitrogens with zero attached hydrogens (tertiary/aromatic N) is 1. The van der Waals surface area contributed by atoms with E-state index in [1.54, 1.807) is 30.7 Å². The first-order valence-corrected chi connectivity index (χ1v) is 12.8. The van der Waals surface area contributed by atoms with Crippen LogP contribution in [-0.4, -0.2) is 13.4 Å². The van der Waals surface area contributed by atoms with Crippen molar-refractivity contribution in [2.24, 2.45) is 0 Å². The third-order valence-corrected chi connectivity index (χ3v) is 7.96. The second-order valence-corrected chi connectivity index (χ2v) is 10.9. The fraction of sp³-hybridized carbons (Fsp3) is 0.0800. The van der Waals surface area contributed by atoms with Gasteiger partial charge in [0.15, 0.2) is 0 Å². The molecule has 0 aliphatic heterocycles. The van der Waals surface area contributed by atoms with E-state index in [4.69, 9.17) is 21.0 Å². The number of benzene rings is 2. The van der Waals surface area contributed by atoms with Crippen LogP contribution in [0.25, 0.3) is 31.8 Å². The predicted octanol–water partition coefficient (Wildman–Crippen LogP) is 7.29. The minimum atomic E-state index is -3.87. The summed E-state index contributed by atoms with van der Waals surface area (Å²) in [6.07, 6.45) is 3.31. The molecule has 166 valence electrons. The summed E-state index contributed by atoms with van der Waals surface area (Å²) in [7, 11) is -3.87. The lowest BCUT2D eigenvalue weighted by Gasteiger charge is -2.13. The molecule has 1 N–H and O–H groups in total. The lowest BCUT2D eigenvalue weighted by Crippen LogP contribution is -2.13. The second-order valence-electron chi connectivity index (χ2n) is 7.74. The van der Waals surface area contributed by atoms with Gasteiger partial charge in [0.2, 0.25) is 0 Å². The van der Waals surface area contributed by atoms with Gasteiger partial charge in [0.05, 0.1) is 23.1 Å². The third-order valence-electron chi connectivity index (χ3n) is 5.23. The molecule has 0 saturated heterocycles. The van der Waals surface area contributed by atoms with Gasteiger partial charge in [0.25, 0.3) is 10.0 Å². The van der Waals surface area contributed by atoms with Gasteiger partial charge in [-0.3, -0.25) is 4.72 Å². The minimum Gasteiger partial charge on any atom is -0.472 e. The molecule has 5 aromatic rings. The minimum absolute atomic E-state index is 0.0972. The molecular weight excluding hydrogens is 476 g/mol. The number of fused-ring (bicyclic) bond motifs is 1. The van der Waals surface area contributed by atoms with Crippen LogP contribution in [-0.2, 0) is 10.0 Å². The van der Waals surface area contributed by atoms with Crippen LogP contribution < -0.4 is 4.72 Å². The van der Waals surface area contributed by atoms with Gasteiger partial charge in [-0.25, -0.2) is 13.4 Å². The molecule has 33 heavy (non-hydrogen) atoms. The van der Waals surface area contributed by atoms with Crippen LogP contribution in [0.1, 0.15) is 11.3 Å². The van der Waals surface area contributed by atoms with Gasteiger partial charge >= 0.3 is 0 Å². The van der Waals surface area contributed by atoms with Gasteiger partial charge in [-0.2, -0.15) is 0 Å². The zero-order valence-corrected chi connectivity index (χ0v) is 20.2. The number of rotatable bonds is 5. The zero-order chi connectivity index (χ0) is 23.2. The van der Waals surface area contributed by atoms with Crippen molar-refractivity contribution in [3.05, 3.63) is 89.5 Å². The average molecular weight is 495 g/mol. The van der Waals surface area contributed by atoms with E-state index in [-0.39, 0.29) is 4.90 Å². The highest BCUT2D eigenvalue weighted by molar-refractivity contribution is 7.92. The Bertz CT molecular complexity index is 1590. The summed E-state index contributed by atoms with van der Waals surface area (Å²) in [5.74, 6) is 0. The maximum absolute atomic E-state index is 13.2. The zero-order valence-electron chi connectivity index (χ0n) is 17.8. The van der Waals surface area contributed by atoms with Crippen LogP contribution in [0.2, 0.25) is 5.02 Å². The topological polar surface area (TPSA) is 72.2 Å². The molecule has 0 spiro atoms. The van der Waals surface area contributed by atoms with E-state index in [1.165, 1.54) is 23.5 Å². The fourth-order valence-corrected chi connectivity index (χ4v) is 6.43. The molecule has 3 heterocycles. The molecule has 0 bridgehead atoms. The van der Waals surface area contributed by atoms with Gasteiger partial charge in [-0.1, -0.05) is 47.5 Å². The number of sulfonamides is 1. The number of aromatic nitrogens is 1. The van der Waals surface area contributed by atoms with Crippen LogP contribution >= 0.6 is 22.9 Å². The highest BCUT2D eigenvalue weighted by Gasteiger charge is 2.23. The molecule has 5 rings (SSSR count). The Balaban J connectivity index is 1.78. The number of hydrogen-bond donors (Lipinski definition) is 1. The standard InChI is InChI=1S/C25H19ClN2O3S2/c1-15-5-3-6-17(11-15)22-23-21(28-33(29,30)20-8-4-7-19(26)13-20)12-16(2)27-25(23)32-24(22)18-9-10-31-14-18/h3-14H,1-2H3,(H,27,28). The van der Waals surface area contributed by atoms with Crippen LogP contribution in [0, 0.1) is 13.8 Å².